The van der Waals surface area contributed by atoms with Gasteiger partial charge in [-0.25, -0.2) is 4.79 Å². The van der Waals surface area contributed by atoms with E-state index in [0.717, 1.165) is 0 Å². The van der Waals surface area contributed by atoms with E-state index in [9.17, 15) is 9.59 Å². The maximum atomic E-state index is 12.1. The number of nitrogens with one attached hydrogen (secondary N) is 4. The Balaban J connectivity index is 1.48. The molecule has 0 radical (unpaired) electrons. The maximum absolute atomic E-state index is 12.1. The number of hydrazine groups is 1. The number of amides is 3. The van der Waals surface area contributed by atoms with Gasteiger partial charge in [-0.05, 0) is 48.3 Å². The van der Waals surface area contributed by atoms with Gasteiger partial charge in [-0.15, -0.1) is 0 Å². The molecule has 1 atom stereocenters. The number of nitrogens with zero attached hydrogens (tertiary/aromatic N) is 1. The Labute approximate surface area is 154 Å². The SMILES string of the molecule is CN1c2ccccc2SC1SNC(=O)Nc1ccc(NNC=O)cc1. The molecule has 1 unspecified atom stereocenters. The van der Waals surface area contributed by atoms with Crippen LogP contribution >= 0.6 is 23.7 Å². The van der Waals surface area contributed by atoms with E-state index >= 15 is 0 Å². The van der Waals surface area contributed by atoms with Crippen molar-refractivity contribution in [3.05, 3.63) is 48.5 Å². The van der Waals surface area contributed by atoms with Crippen molar-refractivity contribution >= 4 is 53.2 Å². The minimum absolute atomic E-state index is 0.0872. The fourth-order valence-corrected chi connectivity index (χ4v) is 4.42. The first-order valence-corrected chi connectivity index (χ1v) is 9.20. The number of thioether (sulfide) groups is 1. The van der Waals surface area contributed by atoms with E-state index in [0.29, 0.717) is 17.8 Å². The van der Waals surface area contributed by atoms with Crippen LogP contribution in [0.25, 0.3) is 0 Å². The van der Waals surface area contributed by atoms with Gasteiger partial charge in [0.1, 0.15) is 4.71 Å². The summed E-state index contributed by atoms with van der Waals surface area (Å²) in [7, 11) is 2.01. The zero-order valence-corrected chi connectivity index (χ0v) is 15.0. The van der Waals surface area contributed by atoms with Crippen LogP contribution in [0.1, 0.15) is 0 Å². The number of anilines is 3. The average Bonchev–Trinajstić information content (AvgIpc) is 2.96. The fraction of sp³-hybridized carbons (Fsp3) is 0.125. The van der Waals surface area contributed by atoms with Crippen LogP contribution in [0.3, 0.4) is 0 Å². The summed E-state index contributed by atoms with van der Waals surface area (Å²) in [6.45, 7) is 0. The minimum atomic E-state index is -0.290. The van der Waals surface area contributed by atoms with Crippen LogP contribution in [0.15, 0.2) is 53.4 Å². The molecule has 7 nitrogen and oxygen atoms in total. The number of urea groups is 1. The second-order valence-electron chi connectivity index (χ2n) is 5.14. The molecule has 2 aromatic carbocycles. The van der Waals surface area contributed by atoms with Gasteiger partial charge in [0.05, 0.1) is 11.4 Å². The number of rotatable bonds is 6. The van der Waals surface area contributed by atoms with E-state index in [2.05, 4.69) is 37.9 Å². The highest BCUT2D eigenvalue weighted by Crippen LogP contribution is 2.45. The molecule has 3 amide bonds. The largest absolute Gasteiger partial charge is 0.351 e. The quantitative estimate of drug-likeness (QED) is 0.353. The average molecular weight is 375 g/mol. The molecular weight excluding hydrogens is 358 g/mol. The summed E-state index contributed by atoms with van der Waals surface area (Å²) in [4.78, 5) is 25.6. The normalized spacial score (nSPS) is 15.2. The van der Waals surface area contributed by atoms with Crippen LogP contribution < -0.4 is 25.8 Å². The molecule has 0 aromatic heterocycles. The molecular formula is C16H17N5O2S2. The number of carbonyl (C=O) groups is 2. The van der Waals surface area contributed by atoms with Gasteiger partial charge in [-0.2, -0.15) is 0 Å². The van der Waals surface area contributed by atoms with Crippen molar-refractivity contribution in [2.75, 3.05) is 22.7 Å². The Morgan fingerprint density at radius 2 is 1.88 bits per heavy atom. The van der Waals surface area contributed by atoms with Crippen LogP contribution in [-0.2, 0) is 4.79 Å². The summed E-state index contributed by atoms with van der Waals surface area (Å²) in [6.07, 6.45) is 0.549. The zero-order valence-electron chi connectivity index (χ0n) is 13.4. The molecule has 3 rings (SSSR count). The lowest BCUT2D eigenvalue weighted by molar-refractivity contribution is -0.109. The van der Waals surface area contributed by atoms with E-state index in [1.807, 2.05) is 19.2 Å². The van der Waals surface area contributed by atoms with Crippen LogP contribution in [0.4, 0.5) is 21.9 Å². The van der Waals surface area contributed by atoms with Crippen molar-refractivity contribution in [1.29, 1.82) is 0 Å². The van der Waals surface area contributed by atoms with Gasteiger partial charge in [0.2, 0.25) is 6.41 Å². The molecule has 0 fully saturated rings. The van der Waals surface area contributed by atoms with Crippen molar-refractivity contribution in [2.24, 2.45) is 0 Å². The predicted octanol–water partition coefficient (Wildman–Crippen LogP) is 3.05. The van der Waals surface area contributed by atoms with Gasteiger partial charge in [0, 0.05) is 17.6 Å². The summed E-state index contributed by atoms with van der Waals surface area (Å²) in [5.41, 5.74) is 7.58. The summed E-state index contributed by atoms with van der Waals surface area (Å²) >= 11 is 3.06. The highest BCUT2D eigenvalue weighted by molar-refractivity contribution is 8.16. The lowest BCUT2D eigenvalue weighted by atomic mass is 10.3. The van der Waals surface area contributed by atoms with Gasteiger partial charge in [-0.1, -0.05) is 23.9 Å². The smallest absolute Gasteiger partial charge is 0.329 e. The molecule has 0 bridgehead atoms. The number of para-hydroxylation sites is 1. The molecule has 0 saturated carbocycles. The number of benzene rings is 2. The van der Waals surface area contributed by atoms with Crippen molar-refractivity contribution in [3.63, 3.8) is 0 Å². The second kappa shape index (κ2) is 8.04. The number of hydrogen-bond acceptors (Lipinski definition) is 6. The van der Waals surface area contributed by atoms with Crippen LogP contribution in [-0.4, -0.2) is 24.2 Å². The van der Waals surface area contributed by atoms with Gasteiger partial charge < -0.3 is 10.2 Å². The van der Waals surface area contributed by atoms with Crippen LogP contribution in [0.5, 0.6) is 0 Å². The van der Waals surface area contributed by atoms with E-state index in [1.54, 1.807) is 36.0 Å². The zero-order chi connectivity index (χ0) is 17.6. The second-order valence-corrected chi connectivity index (χ2v) is 7.45. The van der Waals surface area contributed by atoms with Gasteiger partial charge in [0.15, 0.2) is 0 Å². The number of carbonyl (C=O) groups excluding carboxylic acids is 2. The lowest BCUT2D eigenvalue weighted by Crippen LogP contribution is -2.29. The maximum Gasteiger partial charge on any atom is 0.329 e. The Morgan fingerprint density at radius 1 is 1.16 bits per heavy atom. The van der Waals surface area contributed by atoms with Gasteiger partial charge in [-0.3, -0.25) is 20.4 Å². The predicted molar refractivity (Wildman–Crippen MR) is 103 cm³/mol. The van der Waals surface area contributed by atoms with Crippen molar-refractivity contribution in [2.45, 2.75) is 9.60 Å². The Bertz CT molecular complexity index is 756. The number of fused-ring (bicyclic) bond motifs is 1. The van der Waals surface area contributed by atoms with E-state index in [4.69, 9.17) is 0 Å². The molecule has 130 valence electrons. The Kier molecular flexibility index (Phi) is 5.56. The molecule has 0 spiro atoms. The summed E-state index contributed by atoms with van der Waals surface area (Å²) < 4.78 is 2.90. The molecule has 0 saturated heterocycles. The fourth-order valence-electron chi connectivity index (χ4n) is 2.26. The van der Waals surface area contributed by atoms with Gasteiger partial charge in [0.25, 0.3) is 0 Å². The molecule has 4 N–H and O–H groups in total. The first kappa shape index (κ1) is 17.3. The van der Waals surface area contributed by atoms with Crippen molar-refractivity contribution in [1.82, 2.24) is 10.1 Å². The highest BCUT2D eigenvalue weighted by atomic mass is 32.2. The van der Waals surface area contributed by atoms with Crippen LogP contribution in [0.2, 0.25) is 0 Å². The van der Waals surface area contributed by atoms with Crippen molar-refractivity contribution < 1.29 is 9.59 Å². The molecule has 1 aliphatic heterocycles. The molecule has 1 aliphatic rings. The highest BCUT2D eigenvalue weighted by Gasteiger charge is 2.27. The molecule has 1 heterocycles. The van der Waals surface area contributed by atoms with Crippen molar-refractivity contribution in [3.8, 4) is 0 Å². The van der Waals surface area contributed by atoms with Crippen LogP contribution in [0, 0.1) is 0 Å². The Morgan fingerprint density at radius 3 is 2.60 bits per heavy atom. The minimum Gasteiger partial charge on any atom is -0.351 e. The monoisotopic (exact) mass is 375 g/mol. The first-order chi connectivity index (χ1) is 12.2. The van der Waals surface area contributed by atoms with Gasteiger partial charge >= 0.3 is 6.03 Å². The molecule has 25 heavy (non-hydrogen) atoms. The lowest BCUT2D eigenvalue weighted by Gasteiger charge is -2.20. The third-order valence-electron chi connectivity index (χ3n) is 3.46. The summed E-state index contributed by atoms with van der Waals surface area (Å²) in [5.74, 6) is 0. The molecule has 2 aromatic rings. The third-order valence-corrected chi connectivity index (χ3v) is 5.98. The topological polar surface area (TPSA) is 85.5 Å². The van der Waals surface area contributed by atoms with E-state index in [-0.39, 0.29) is 10.7 Å². The first-order valence-electron chi connectivity index (χ1n) is 7.44. The summed E-state index contributed by atoms with van der Waals surface area (Å²) in [5, 5.41) is 2.77. The number of hydrogen-bond donors (Lipinski definition) is 4. The Hall–Kier alpha value is -2.52. The van der Waals surface area contributed by atoms with E-state index in [1.165, 1.54) is 22.5 Å². The molecule has 9 heteroatoms. The standard InChI is InChI=1S/C16H17N5O2S2/c1-21-13-4-2-3-5-14(13)24-16(21)25-20-15(23)18-11-6-8-12(9-7-11)19-17-10-22/h2-10,16,19H,1H3,(H,17,22)(H2,18,20,23). The molecule has 0 aliphatic carbocycles. The summed E-state index contributed by atoms with van der Waals surface area (Å²) in [6, 6.07) is 14.8. The third kappa shape index (κ3) is 4.31. The van der Waals surface area contributed by atoms with E-state index < -0.39 is 0 Å².